The summed E-state index contributed by atoms with van der Waals surface area (Å²) in [6.45, 7) is 3.78. The highest BCUT2D eigenvalue weighted by Gasteiger charge is 2.23. The number of alkyl carbamates (subject to hydrolysis) is 1. The Hall–Kier alpha value is -1.55. The average molecular weight is 249 g/mol. The van der Waals surface area contributed by atoms with Crippen LogP contribution in [0.3, 0.4) is 0 Å². The molecule has 1 aromatic carbocycles. The topological polar surface area (TPSA) is 47.6 Å². The Bertz CT molecular complexity index is 380. The minimum atomic E-state index is -0.349. The van der Waals surface area contributed by atoms with Gasteiger partial charge < -0.3 is 14.8 Å². The third-order valence-electron chi connectivity index (χ3n) is 3.16. The molecule has 4 nitrogen and oxygen atoms in total. The van der Waals surface area contributed by atoms with Crippen LogP contribution in [-0.2, 0) is 16.1 Å². The van der Waals surface area contributed by atoms with Crippen LogP contribution < -0.4 is 5.32 Å². The molecule has 0 radical (unpaired) electrons. The maximum Gasteiger partial charge on any atom is 0.407 e. The van der Waals surface area contributed by atoms with E-state index in [-0.39, 0.29) is 12.1 Å². The fraction of sp³-hybridized carbons (Fsp3) is 0.500. The highest BCUT2D eigenvalue weighted by atomic mass is 16.5. The molecule has 98 valence electrons. The van der Waals surface area contributed by atoms with Crippen molar-refractivity contribution in [2.24, 2.45) is 5.92 Å². The van der Waals surface area contributed by atoms with Crippen LogP contribution in [-0.4, -0.2) is 25.3 Å². The number of rotatable bonds is 3. The summed E-state index contributed by atoms with van der Waals surface area (Å²) in [5, 5.41) is 2.90. The summed E-state index contributed by atoms with van der Waals surface area (Å²) in [5.41, 5.74) is 0.993. The smallest absolute Gasteiger partial charge is 0.407 e. The first kappa shape index (κ1) is 12.9. The van der Waals surface area contributed by atoms with Gasteiger partial charge in [0.2, 0.25) is 0 Å². The van der Waals surface area contributed by atoms with E-state index in [2.05, 4.69) is 12.2 Å². The third-order valence-corrected chi connectivity index (χ3v) is 3.16. The van der Waals surface area contributed by atoms with Crippen LogP contribution in [0.15, 0.2) is 30.3 Å². The second-order valence-corrected chi connectivity index (χ2v) is 4.65. The van der Waals surface area contributed by atoms with Crippen molar-refractivity contribution in [2.45, 2.75) is 26.0 Å². The largest absolute Gasteiger partial charge is 0.445 e. The highest BCUT2D eigenvalue weighted by molar-refractivity contribution is 5.67. The summed E-state index contributed by atoms with van der Waals surface area (Å²) < 4.78 is 10.5. The van der Waals surface area contributed by atoms with Gasteiger partial charge in [0.15, 0.2) is 0 Å². The molecule has 0 unspecified atom stereocenters. The van der Waals surface area contributed by atoms with E-state index in [0.717, 1.165) is 12.0 Å². The molecule has 0 aliphatic carbocycles. The molecule has 0 bridgehead atoms. The van der Waals surface area contributed by atoms with Crippen LogP contribution >= 0.6 is 0 Å². The molecule has 1 N–H and O–H groups in total. The van der Waals surface area contributed by atoms with E-state index in [4.69, 9.17) is 9.47 Å². The highest BCUT2D eigenvalue weighted by Crippen LogP contribution is 2.14. The molecule has 2 rings (SSSR count). The predicted octanol–water partition coefficient (Wildman–Crippen LogP) is 2.34. The maximum absolute atomic E-state index is 11.7. The van der Waals surface area contributed by atoms with E-state index in [1.54, 1.807) is 0 Å². The van der Waals surface area contributed by atoms with Gasteiger partial charge >= 0.3 is 6.09 Å². The number of benzene rings is 1. The monoisotopic (exact) mass is 249 g/mol. The summed E-state index contributed by atoms with van der Waals surface area (Å²) in [4.78, 5) is 11.7. The van der Waals surface area contributed by atoms with E-state index in [9.17, 15) is 4.79 Å². The second-order valence-electron chi connectivity index (χ2n) is 4.65. The molecular weight excluding hydrogens is 230 g/mol. The van der Waals surface area contributed by atoms with Gasteiger partial charge in [0.1, 0.15) is 6.61 Å². The first-order chi connectivity index (χ1) is 8.75. The number of hydrogen-bond donors (Lipinski definition) is 1. The van der Waals surface area contributed by atoms with E-state index in [1.165, 1.54) is 0 Å². The van der Waals surface area contributed by atoms with Gasteiger partial charge in [0.25, 0.3) is 0 Å². The van der Waals surface area contributed by atoms with Gasteiger partial charge in [-0.2, -0.15) is 0 Å². The van der Waals surface area contributed by atoms with E-state index in [0.29, 0.717) is 25.7 Å². The quantitative estimate of drug-likeness (QED) is 0.894. The first-order valence-electron chi connectivity index (χ1n) is 6.30. The van der Waals surface area contributed by atoms with Crippen molar-refractivity contribution in [1.29, 1.82) is 0 Å². The lowest BCUT2D eigenvalue weighted by Gasteiger charge is -2.29. The lowest BCUT2D eigenvalue weighted by molar-refractivity contribution is 0.0366. The SMILES string of the molecule is C[C@@H]1COCC[C@@H]1NC(=O)OCc1ccccc1. The van der Waals surface area contributed by atoms with Gasteiger partial charge in [-0.05, 0) is 17.9 Å². The summed E-state index contributed by atoms with van der Waals surface area (Å²) in [5.74, 6) is 0.336. The van der Waals surface area contributed by atoms with Gasteiger partial charge in [-0.25, -0.2) is 4.79 Å². The number of carbonyl (C=O) groups excluding carboxylic acids is 1. The molecule has 1 saturated heterocycles. The van der Waals surface area contributed by atoms with E-state index < -0.39 is 0 Å². The van der Waals surface area contributed by atoms with E-state index in [1.807, 2.05) is 30.3 Å². The Morgan fingerprint density at radius 2 is 2.22 bits per heavy atom. The average Bonchev–Trinajstić information content (AvgIpc) is 2.40. The predicted molar refractivity (Wildman–Crippen MR) is 68.2 cm³/mol. The number of carbonyl (C=O) groups is 1. The molecule has 18 heavy (non-hydrogen) atoms. The zero-order valence-electron chi connectivity index (χ0n) is 10.6. The van der Waals surface area contributed by atoms with Crippen molar-refractivity contribution in [3.63, 3.8) is 0 Å². The fourth-order valence-electron chi connectivity index (χ4n) is 2.01. The summed E-state index contributed by atoms with van der Waals surface area (Å²) in [6, 6.07) is 9.82. The Labute approximate surface area is 107 Å². The second kappa shape index (κ2) is 6.40. The van der Waals surface area contributed by atoms with Crippen molar-refractivity contribution in [3.8, 4) is 0 Å². The summed E-state index contributed by atoms with van der Waals surface area (Å²) in [6.07, 6.45) is 0.499. The van der Waals surface area contributed by atoms with Crippen molar-refractivity contribution in [1.82, 2.24) is 5.32 Å². The van der Waals surface area contributed by atoms with Crippen LogP contribution in [0.4, 0.5) is 4.79 Å². The fourth-order valence-corrected chi connectivity index (χ4v) is 2.01. The Morgan fingerprint density at radius 3 is 2.94 bits per heavy atom. The number of nitrogens with one attached hydrogen (secondary N) is 1. The Morgan fingerprint density at radius 1 is 1.44 bits per heavy atom. The van der Waals surface area contributed by atoms with Gasteiger partial charge in [-0.3, -0.25) is 0 Å². The molecule has 0 saturated carbocycles. The molecule has 1 aromatic rings. The first-order valence-corrected chi connectivity index (χ1v) is 6.30. The molecule has 0 spiro atoms. The minimum absolute atomic E-state index is 0.155. The standard InChI is InChI=1S/C14H19NO3/c1-11-9-17-8-7-13(11)15-14(16)18-10-12-5-3-2-4-6-12/h2-6,11,13H,7-10H2,1H3,(H,15,16)/t11-,13+/m1/s1. The third kappa shape index (κ3) is 3.74. The van der Waals surface area contributed by atoms with Crippen LogP contribution in [0.1, 0.15) is 18.9 Å². The zero-order chi connectivity index (χ0) is 12.8. The molecule has 1 aliphatic rings. The van der Waals surface area contributed by atoms with Gasteiger partial charge in [-0.15, -0.1) is 0 Å². The van der Waals surface area contributed by atoms with Crippen LogP contribution in [0.5, 0.6) is 0 Å². The molecule has 4 heteroatoms. The lowest BCUT2D eigenvalue weighted by atomic mass is 9.98. The molecule has 1 fully saturated rings. The van der Waals surface area contributed by atoms with Crippen molar-refractivity contribution < 1.29 is 14.3 Å². The lowest BCUT2D eigenvalue weighted by Crippen LogP contribution is -2.44. The Kier molecular flexibility index (Phi) is 4.59. The summed E-state index contributed by atoms with van der Waals surface area (Å²) in [7, 11) is 0. The van der Waals surface area contributed by atoms with Gasteiger partial charge in [0, 0.05) is 12.6 Å². The van der Waals surface area contributed by atoms with Crippen molar-refractivity contribution in [3.05, 3.63) is 35.9 Å². The molecule has 1 aliphatic heterocycles. The van der Waals surface area contributed by atoms with Gasteiger partial charge in [0.05, 0.1) is 6.61 Å². The normalized spacial score (nSPS) is 23.4. The minimum Gasteiger partial charge on any atom is -0.445 e. The summed E-state index contributed by atoms with van der Waals surface area (Å²) >= 11 is 0. The maximum atomic E-state index is 11.7. The van der Waals surface area contributed by atoms with Crippen LogP contribution in [0.2, 0.25) is 0 Å². The van der Waals surface area contributed by atoms with Crippen LogP contribution in [0, 0.1) is 5.92 Å². The molecule has 2 atom stereocenters. The van der Waals surface area contributed by atoms with Crippen molar-refractivity contribution >= 4 is 6.09 Å². The van der Waals surface area contributed by atoms with Crippen LogP contribution in [0.25, 0.3) is 0 Å². The Balaban J connectivity index is 1.75. The zero-order valence-corrected chi connectivity index (χ0v) is 10.6. The van der Waals surface area contributed by atoms with E-state index >= 15 is 0 Å². The van der Waals surface area contributed by atoms with Crippen molar-refractivity contribution in [2.75, 3.05) is 13.2 Å². The molecule has 1 heterocycles. The number of amides is 1. The molecule has 0 aromatic heterocycles. The molecular formula is C14H19NO3. The van der Waals surface area contributed by atoms with Gasteiger partial charge in [-0.1, -0.05) is 37.3 Å². The number of ether oxygens (including phenoxy) is 2. The molecule has 1 amide bonds. The number of hydrogen-bond acceptors (Lipinski definition) is 3.